The van der Waals surface area contributed by atoms with Crippen LogP contribution < -0.4 is 14.8 Å². The summed E-state index contributed by atoms with van der Waals surface area (Å²) in [7, 11) is 1.53. The molecule has 0 bridgehead atoms. The Morgan fingerprint density at radius 1 is 1.13 bits per heavy atom. The van der Waals surface area contributed by atoms with Gasteiger partial charge in [0.15, 0.2) is 11.5 Å². The Bertz CT molecular complexity index is 1020. The molecule has 0 spiro atoms. The van der Waals surface area contributed by atoms with Gasteiger partial charge in [-0.3, -0.25) is 19.3 Å². The van der Waals surface area contributed by atoms with Crippen LogP contribution in [0.15, 0.2) is 47.4 Å². The molecule has 0 unspecified atom stereocenters. The topological polar surface area (TPSA) is 84.9 Å². The molecule has 0 radical (unpaired) electrons. The monoisotopic (exact) mass is 440 g/mol. The summed E-state index contributed by atoms with van der Waals surface area (Å²) in [6.07, 6.45) is 1.60. The van der Waals surface area contributed by atoms with Crippen molar-refractivity contribution in [2.45, 2.75) is 20.4 Å². The number of rotatable bonds is 8. The fraction of sp³-hybridized carbons (Fsp3) is 0.261. The number of carbonyl (C=O) groups excluding carboxylic acids is 3. The fourth-order valence-electron chi connectivity index (χ4n) is 2.94. The third-order valence-electron chi connectivity index (χ3n) is 4.57. The lowest BCUT2D eigenvalue weighted by atomic mass is 10.1. The highest BCUT2D eigenvalue weighted by Gasteiger charge is 2.36. The molecule has 162 valence electrons. The van der Waals surface area contributed by atoms with Gasteiger partial charge in [-0.25, -0.2) is 0 Å². The number of nitrogens with zero attached hydrogens (tertiary/aromatic N) is 1. The predicted octanol–water partition coefficient (Wildman–Crippen LogP) is 3.76. The van der Waals surface area contributed by atoms with E-state index in [4.69, 9.17) is 9.47 Å². The summed E-state index contributed by atoms with van der Waals surface area (Å²) in [4.78, 5) is 38.4. The first kappa shape index (κ1) is 22.4. The zero-order chi connectivity index (χ0) is 22.4. The van der Waals surface area contributed by atoms with Crippen LogP contribution in [0.1, 0.15) is 23.6 Å². The molecule has 8 heteroatoms. The molecule has 0 saturated carbocycles. The molecule has 0 aliphatic carbocycles. The van der Waals surface area contributed by atoms with Crippen molar-refractivity contribution < 1.29 is 23.9 Å². The molecule has 1 heterocycles. The van der Waals surface area contributed by atoms with Crippen molar-refractivity contribution in [3.05, 3.63) is 64.1 Å². The third-order valence-corrected chi connectivity index (χ3v) is 5.48. The number of hydrogen-bond donors (Lipinski definition) is 1. The maximum atomic E-state index is 12.7. The zero-order valence-corrected chi connectivity index (χ0v) is 18.5. The number of methoxy groups -OCH3 is 1. The second kappa shape index (κ2) is 10.2. The Labute approximate surface area is 185 Å². The minimum absolute atomic E-state index is 0.252. The third kappa shape index (κ3) is 5.67. The van der Waals surface area contributed by atoms with Crippen LogP contribution in [-0.2, 0) is 16.1 Å². The van der Waals surface area contributed by atoms with Gasteiger partial charge in [-0.1, -0.05) is 35.9 Å². The summed E-state index contributed by atoms with van der Waals surface area (Å²) in [5.74, 6) is 0.242. The Kier molecular flexibility index (Phi) is 7.36. The summed E-state index contributed by atoms with van der Waals surface area (Å²) in [6.45, 7) is 4.37. The molecule has 7 nitrogen and oxygen atoms in total. The van der Waals surface area contributed by atoms with Gasteiger partial charge in [-0.2, -0.15) is 0 Å². The summed E-state index contributed by atoms with van der Waals surface area (Å²) in [6, 6.07) is 13.0. The number of thioether (sulfide) groups is 1. The SMILES string of the molecule is CCOc1ccc(/C=C2\SC(=O)N(CC(=O)NCc3ccc(C)cc3)C2=O)cc1OC. The van der Waals surface area contributed by atoms with Crippen LogP contribution in [0.2, 0.25) is 0 Å². The molecular formula is C23H24N2O5S. The molecule has 2 aromatic carbocycles. The number of ether oxygens (including phenoxy) is 2. The van der Waals surface area contributed by atoms with Crippen molar-refractivity contribution >= 4 is 34.9 Å². The van der Waals surface area contributed by atoms with E-state index in [0.717, 1.165) is 27.8 Å². The average molecular weight is 441 g/mol. The van der Waals surface area contributed by atoms with E-state index in [1.54, 1.807) is 24.3 Å². The highest BCUT2D eigenvalue weighted by Crippen LogP contribution is 2.34. The first-order valence-corrected chi connectivity index (χ1v) is 10.6. The number of hydrogen-bond acceptors (Lipinski definition) is 6. The van der Waals surface area contributed by atoms with Crippen LogP contribution >= 0.6 is 11.8 Å². The fourth-order valence-corrected chi connectivity index (χ4v) is 3.78. The molecular weight excluding hydrogens is 416 g/mol. The number of benzene rings is 2. The maximum absolute atomic E-state index is 12.7. The van der Waals surface area contributed by atoms with Crippen LogP contribution in [0, 0.1) is 6.92 Å². The largest absolute Gasteiger partial charge is 0.493 e. The van der Waals surface area contributed by atoms with Gasteiger partial charge in [0.1, 0.15) is 6.54 Å². The Balaban J connectivity index is 1.64. The minimum Gasteiger partial charge on any atom is -0.493 e. The number of amides is 3. The van der Waals surface area contributed by atoms with E-state index in [0.29, 0.717) is 30.2 Å². The number of imide groups is 1. The highest BCUT2D eigenvalue weighted by atomic mass is 32.2. The molecule has 1 saturated heterocycles. The van der Waals surface area contributed by atoms with Crippen molar-refractivity contribution in [2.75, 3.05) is 20.3 Å². The molecule has 3 rings (SSSR count). The van der Waals surface area contributed by atoms with E-state index in [1.807, 2.05) is 38.1 Å². The van der Waals surface area contributed by atoms with Crippen molar-refractivity contribution in [2.24, 2.45) is 0 Å². The number of aryl methyl sites for hydroxylation is 1. The van der Waals surface area contributed by atoms with Gasteiger partial charge in [-0.15, -0.1) is 0 Å². The lowest BCUT2D eigenvalue weighted by Gasteiger charge is -2.12. The van der Waals surface area contributed by atoms with E-state index in [-0.39, 0.29) is 11.4 Å². The Morgan fingerprint density at radius 3 is 2.55 bits per heavy atom. The second-order valence-corrected chi connectivity index (χ2v) is 7.87. The first-order valence-electron chi connectivity index (χ1n) is 9.79. The van der Waals surface area contributed by atoms with Crippen molar-refractivity contribution in [1.29, 1.82) is 0 Å². The lowest BCUT2D eigenvalue weighted by molar-refractivity contribution is -0.129. The quantitative estimate of drug-likeness (QED) is 0.630. The van der Waals surface area contributed by atoms with E-state index >= 15 is 0 Å². The molecule has 31 heavy (non-hydrogen) atoms. The van der Waals surface area contributed by atoms with Crippen molar-refractivity contribution in [3.8, 4) is 11.5 Å². The highest BCUT2D eigenvalue weighted by molar-refractivity contribution is 8.18. The number of nitrogens with one attached hydrogen (secondary N) is 1. The smallest absolute Gasteiger partial charge is 0.294 e. The molecule has 2 aromatic rings. The van der Waals surface area contributed by atoms with Gasteiger partial charge in [0.2, 0.25) is 5.91 Å². The minimum atomic E-state index is -0.492. The van der Waals surface area contributed by atoms with E-state index in [2.05, 4.69) is 5.32 Å². The van der Waals surface area contributed by atoms with E-state index in [1.165, 1.54) is 7.11 Å². The standard InChI is InChI=1S/C23H24N2O5S/c1-4-30-18-10-9-17(11-19(18)29-3)12-20-22(27)25(23(28)31-20)14-21(26)24-13-16-7-5-15(2)6-8-16/h5-12H,4,13-14H2,1-3H3,(H,24,26)/b20-12-. The maximum Gasteiger partial charge on any atom is 0.294 e. The lowest BCUT2D eigenvalue weighted by Crippen LogP contribution is -2.39. The van der Waals surface area contributed by atoms with Crippen LogP contribution in [0.4, 0.5) is 4.79 Å². The van der Waals surface area contributed by atoms with Gasteiger partial charge in [0.05, 0.1) is 18.6 Å². The van der Waals surface area contributed by atoms with Gasteiger partial charge in [0.25, 0.3) is 11.1 Å². The molecule has 1 N–H and O–H groups in total. The van der Waals surface area contributed by atoms with Crippen LogP contribution in [0.5, 0.6) is 11.5 Å². The van der Waals surface area contributed by atoms with E-state index < -0.39 is 17.1 Å². The summed E-state index contributed by atoms with van der Waals surface area (Å²) < 4.78 is 10.8. The Morgan fingerprint density at radius 2 is 1.87 bits per heavy atom. The molecule has 0 atom stereocenters. The van der Waals surface area contributed by atoms with Crippen LogP contribution in [0.25, 0.3) is 6.08 Å². The van der Waals surface area contributed by atoms with Crippen LogP contribution in [0.3, 0.4) is 0 Å². The summed E-state index contributed by atoms with van der Waals surface area (Å²) >= 11 is 0.809. The van der Waals surface area contributed by atoms with Crippen molar-refractivity contribution in [3.63, 3.8) is 0 Å². The van der Waals surface area contributed by atoms with Crippen LogP contribution in [-0.4, -0.2) is 42.2 Å². The van der Waals surface area contributed by atoms with Gasteiger partial charge < -0.3 is 14.8 Å². The Hall–Kier alpha value is -3.26. The molecule has 1 fully saturated rings. The van der Waals surface area contributed by atoms with Gasteiger partial charge in [0, 0.05) is 6.54 Å². The predicted molar refractivity (Wildman–Crippen MR) is 120 cm³/mol. The van der Waals surface area contributed by atoms with Gasteiger partial charge in [-0.05, 0) is 54.9 Å². The zero-order valence-electron chi connectivity index (χ0n) is 17.6. The van der Waals surface area contributed by atoms with Crippen molar-refractivity contribution in [1.82, 2.24) is 10.2 Å². The molecule has 0 aromatic heterocycles. The normalized spacial score (nSPS) is 14.8. The molecule has 3 amide bonds. The second-order valence-electron chi connectivity index (χ2n) is 6.87. The first-order chi connectivity index (χ1) is 14.9. The molecule has 1 aliphatic rings. The van der Waals surface area contributed by atoms with E-state index in [9.17, 15) is 14.4 Å². The summed E-state index contributed by atoms with van der Waals surface area (Å²) in [5, 5.41) is 2.27. The molecule has 1 aliphatic heterocycles. The average Bonchev–Trinajstić information content (AvgIpc) is 3.01. The van der Waals surface area contributed by atoms with Gasteiger partial charge >= 0.3 is 0 Å². The number of carbonyl (C=O) groups is 3. The summed E-state index contributed by atoms with van der Waals surface area (Å²) in [5.41, 5.74) is 2.76.